The van der Waals surface area contributed by atoms with E-state index in [0.717, 1.165) is 5.56 Å². The lowest BCUT2D eigenvalue weighted by Gasteiger charge is -2.22. The fourth-order valence-corrected chi connectivity index (χ4v) is 3.24. The van der Waals surface area contributed by atoms with Crippen molar-refractivity contribution in [2.45, 2.75) is 18.6 Å². The largest absolute Gasteiger partial charge is 0.325 e. The third-order valence-electron chi connectivity index (χ3n) is 3.54. The van der Waals surface area contributed by atoms with Crippen LogP contribution in [0.4, 0.5) is 15.8 Å². The minimum absolute atomic E-state index is 0.0601. The minimum Gasteiger partial charge on any atom is -0.325 e. The van der Waals surface area contributed by atoms with E-state index in [0.29, 0.717) is 16.5 Å². The molecule has 1 fully saturated rings. The van der Waals surface area contributed by atoms with Crippen molar-refractivity contribution in [2.75, 3.05) is 5.32 Å². The Hall–Kier alpha value is -2.67. The summed E-state index contributed by atoms with van der Waals surface area (Å²) in [7, 11) is 0. The van der Waals surface area contributed by atoms with Gasteiger partial charge in [-0.2, -0.15) is 0 Å². The highest BCUT2D eigenvalue weighted by molar-refractivity contribution is 8.15. The monoisotopic (exact) mass is 357 g/mol. The number of amidine groups is 1. The molecule has 0 aromatic heterocycles. The Bertz CT molecular complexity index is 819. The summed E-state index contributed by atoms with van der Waals surface area (Å²) in [5, 5.41) is 5.16. The van der Waals surface area contributed by atoms with Gasteiger partial charge in [0.2, 0.25) is 11.8 Å². The molecule has 0 bridgehead atoms. The first-order chi connectivity index (χ1) is 12.0. The predicted molar refractivity (Wildman–Crippen MR) is 97.4 cm³/mol. The van der Waals surface area contributed by atoms with Gasteiger partial charge in [0.25, 0.3) is 0 Å². The Labute approximate surface area is 148 Å². The maximum Gasteiger partial charge on any atom is 0.238 e. The molecule has 128 valence electrons. The molecule has 25 heavy (non-hydrogen) atoms. The molecule has 7 heteroatoms. The van der Waals surface area contributed by atoms with Crippen LogP contribution in [-0.4, -0.2) is 22.2 Å². The third kappa shape index (κ3) is 4.67. The van der Waals surface area contributed by atoms with Gasteiger partial charge in [-0.15, -0.1) is 0 Å². The van der Waals surface area contributed by atoms with Gasteiger partial charge in [0, 0.05) is 12.1 Å². The number of aryl methyl sites for hydroxylation is 1. The molecule has 2 N–H and O–H groups in total. The zero-order valence-corrected chi connectivity index (χ0v) is 14.3. The van der Waals surface area contributed by atoms with Crippen molar-refractivity contribution >= 4 is 40.1 Å². The van der Waals surface area contributed by atoms with E-state index in [4.69, 9.17) is 0 Å². The topological polar surface area (TPSA) is 70.6 Å². The zero-order chi connectivity index (χ0) is 17.8. The van der Waals surface area contributed by atoms with Gasteiger partial charge in [0.15, 0.2) is 5.17 Å². The number of amides is 2. The first-order valence-electron chi connectivity index (χ1n) is 7.68. The van der Waals surface area contributed by atoms with Gasteiger partial charge in [-0.25, -0.2) is 9.38 Å². The number of halogens is 1. The van der Waals surface area contributed by atoms with Crippen LogP contribution in [0, 0.1) is 12.7 Å². The molecule has 3 rings (SSSR count). The van der Waals surface area contributed by atoms with E-state index in [1.807, 2.05) is 31.2 Å². The van der Waals surface area contributed by atoms with Crippen molar-refractivity contribution in [1.29, 1.82) is 0 Å². The second kappa shape index (κ2) is 7.48. The molecule has 0 saturated carbocycles. The molecule has 2 aromatic carbocycles. The normalized spacial score (nSPS) is 18.7. The summed E-state index contributed by atoms with van der Waals surface area (Å²) < 4.78 is 12.9. The van der Waals surface area contributed by atoms with Gasteiger partial charge in [-0.1, -0.05) is 29.5 Å². The number of benzene rings is 2. The van der Waals surface area contributed by atoms with Gasteiger partial charge >= 0.3 is 0 Å². The Morgan fingerprint density at radius 3 is 2.56 bits per heavy atom. The van der Waals surface area contributed by atoms with Crippen LogP contribution in [0.2, 0.25) is 0 Å². The number of carbonyl (C=O) groups excluding carboxylic acids is 2. The lowest BCUT2D eigenvalue weighted by molar-refractivity contribution is -0.123. The predicted octanol–water partition coefficient (Wildman–Crippen LogP) is 3.38. The lowest BCUT2D eigenvalue weighted by atomic mass is 10.2. The maximum absolute atomic E-state index is 12.9. The summed E-state index contributed by atoms with van der Waals surface area (Å²) in [6, 6.07) is 13.0. The van der Waals surface area contributed by atoms with Crippen molar-refractivity contribution in [2.24, 2.45) is 4.99 Å². The summed E-state index contributed by atoms with van der Waals surface area (Å²) in [5.41, 5.74) is 2.30. The van der Waals surface area contributed by atoms with Crippen LogP contribution < -0.4 is 10.6 Å². The number of aliphatic imine (C=N–C) groups is 1. The van der Waals surface area contributed by atoms with Crippen LogP contribution in [0.1, 0.15) is 12.0 Å². The quantitative estimate of drug-likeness (QED) is 0.885. The standard InChI is InChI=1S/C18H16FN3O2S/c1-11-2-6-14(7-3-11)21-18-22-16(23)10-15(25-18)17(24)20-13-8-4-12(19)5-9-13/h2-9,15H,10H2,1H3,(H,20,24)(H,21,22,23)/t15-/m1/s1. The van der Waals surface area contributed by atoms with Gasteiger partial charge in [0.1, 0.15) is 11.1 Å². The molecule has 0 aliphatic carbocycles. The van der Waals surface area contributed by atoms with E-state index < -0.39 is 5.25 Å². The molecule has 2 amide bonds. The molecule has 0 unspecified atom stereocenters. The summed E-state index contributed by atoms with van der Waals surface area (Å²) in [4.78, 5) is 28.7. The lowest BCUT2D eigenvalue weighted by Crippen LogP contribution is -2.41. The fraction of sp³-hybridized carbons (Fsp3) is 0.167. The van der Waals surface area contributed by atoms with Crippen LogP contribution in [-0.2, 0) is 9.59 Å². The molecule has 1 aliphatic heterocycles. The van der Waals surface area contributed by atoms with Crippen molar-refractivity contribution in [3.63, 3.8) is 0 Å². The second-order valence-electron chi connectivity index (χ2n) is 5.61. The number of anilines is 1. The van der Waals surface area contributed by atoms with E-state index in [-0.39, 0.29) is 24.1 Å². The van der Waals surface area contributed by atoms with Crippen molar-refractivity contribution in [3.05, 3.63) is 59.9 Å². The number of rotatable bonds is 3. The zero-order valence-electron chi connectivity index (χ0n) is 13.5. The summed E-state index contributed by atoms with van der Waals surface area (Å²) in [6.45, 7) is 1.98. The van der Waals surface area contributed by atoms with Gasteiger partial charge in [-0.05, 0) is 43.3 Å². The Morgan fingerprint density at radius 2 is 1.88 bits per heavy atom. The molecular formula is C18H16FN3O2S. The third-order valence-corrected chi connectivity index (χ3v) is 4.62. The summed E-state index contributed by atoms with van der Waals surface area (Å²) in [6.07, 6.45) is 0.0601. The fourth-order valence-electron chi connectivity index (χ4n) is 2.24. The first kappa shape index (κ1) is 17.2. The molecule has 1 saturated heterocycles. The Kier molecular flexibility index (Phi) is 5.14. The number of nitrogens with zero attached hydrogens (tertiary/aromatic N) is 1. The molecule has 1 heterocycles. The van der Waals surface area contributed by atoms with E-state index in [2.05, 4.69) is 15.6 Å². The molecule has 2 aromatic rings. The second-order valence-corrected chi connectivity index (χ2v) is 6.80. The van der Waals surface area contributed by atoms with Gasteiger partial charge in [-0.3, -0.25) is 9.59 Å². The van der Waals surface area contributed by atoms with Gasteiger partial charge in [0.05, 0.1) is 5.69 Å². The van der Waals surface area contributed by atoms with Crippen molar-refractivity contribution in [1.82, 2.24) is 5.32 Å². The van der Waals surface area contributed by atoms with Gasteiger partial charge < -0.3 is 10.6 Å². The number of carbonyl (C=O) groups is 2. The number of thioether (sulfide) groups is 1. The molecule has 1 atom stereocenters. The Morgan fingerprint density at radius 1 is 1.20 bits per heavy atom. The van der Waals surface area contributed by atoms with Crippen LogP contribution in [0.5, 0.6) is 0 Å². The highest BCUT2D eigenvalue weighted by Gasteiger charge is 2.30. The van der Waals surface area contributed by atoms with Crippen LogP contribution >= 0.6 is 11.8 Å². The van der Waals surface area contributed by atoms with E-state index in [9.17, 15) is 14.0 Å². The van der Waals surface area contributed by atoms with Crippen LogP contribution in [0.3, 0.4) is 0 Å². The Balaban J connectivity index is 1.71. The SMILES string of the molecule is Cc1ccc(N=C2NC(=O)C[C@H](C(=O)Nc3ccc(F)cc3)S2)cc1. The molecule has 0 spiro atoms. The van der Waals surface area contributed by atoms with Crippen LogP contribution in [0.15, 0.2) is 53.5 Å². The molecular weight excluding hydrogens is 341 g/mol. The van der Waals surface area contributed by atoms with E-state index in [1.165, 1.54) is 36.0 Å². The summed E-state index contributed by atoms with van der Waals surface area (Å²) >= 11 is 1.20. The van der Waals surface area contributed by atoms with Crippen molar-refractivity contribution < 1.29 is 14.0 Å². The minimum atomic E-state index is -0.594. The van der Waals surface area contributed by atoms with Crippen LogP contribution in [0.25, 0.3) is 0 Å². The highest BCUT2D eigenvalue weighted by Crippen LogP contribution is 2.25. The number of hydrogen-bond donors (Lipinski definition) is 2. The summed E-state index contributed by atoms with van der Waals surface area (Å²) in [5.74, 6) is -0.955. The van der Waals surface area contributed by atoms with E-state index >= 15 is 0 Å². The number of hydrogen-bond acceptors (Lipinski definition) is 4. The average molecular weight is 357 g/mol. The maximum atomic E-state index is 12.9. The molecule has 1 aliphatic rings. The number of nitrogens with one attached hydrogen (secondary N) is 2. The van der Waals surface area contributed by atoms with Crippen molar-refractivity contribution in [3.8, 4) is 0 Å². The average Bonchev–Trinajstić information content (AvgIpc) is 2.58. The molecule has 5 nitrogen and oxygen atoms in total. The molecule has 0 radical (unpaired) electrons. The smallest absolute Gasteiger partial charge is 0.238 e. The highest BCUT2D eigenvalue weighted by atomic mass is 32.2. The van der Waals surface area contributed by atoms with E-state index in [1.54, 1.807) is 0 Å². The first-order valence-corrected chi connectivity index (χ1v) is 8.56.